The summed E-state index contributed by atoms with van der Waals surface area (Å²) in [6.45, 7) is 5.80. The summed E-state index contributed by atoms with van der Waals surface area (Å²) >= 11 is 1.29. The molecule has 0 bridgehead atoms. The molecule has 0 aliphatic heterocycles. The highest BCUT2D eigenvalue weighted by atomic mass is 32.1. The molecule has 1 N–H and O–H groups in total. The SMILES string of the molecule is CCOC(=O)c1c(-c2ccccc2)csc1NC(=O)COc1ccc(C)cc1C. The lowest BCUT2D eigenvalue weighted by Gasteiger charge is -2.11. The highest BCUT2D eigenvalue weighted by Crippen LogP contribution is 2.36. The van der Waals surface area contributed by atoms with Gasteiger partial charge in [0.05, 0.1) is 6.61 Å². The minimum absolute atomic E-state index is 0.148. The van der Waals surface area contributed by atoms with Crippen molar-refractivity contribution in [1.82, 2.24) is 0 Å². The van der Waals surface area contributed by atoms with Crippen molar-refractivity contribution >= 4 is 28.2 Å². The van der Waals surface area contributed by atoms with Gasteiger partial charge in [-0.3, -0.25) is 4.79 Å². The average Bonchev–Trinajstić information content (AvgIpc) is 3.11. The summed E-state index contributed by atoms with van der Waals surface area (Å²) in [5, 5.41) is 5.10. The van der Waals surface area contributed by atoms with Gasteiger partial charge in [-0.25, -0.2) is 4.79 Å². The largest absolute Gasteiger partial charge is 0.483 e. The Labute approximate surface area is 174 Å². The van der Waals surface area contributed by atoms with Crippen LogP contribution in [0.4, 0.5) is 5.00 Å². The van der Waals surface area contributed by atoms with E-state index in [0.29, 0.717) is 16.3 Å². The molecule has 0 unspecified atom stereocenters. The molecule has 0 fully saturated rings. The second-order valence-corrected chi connectivity index (χ2v) is 7.43. The van der Waals surface area contributed by atoms with Crippen LogP contribution in [0.25, 0.3) is 11.1 Å². The van der Waals surface area contributed by atoms with E-state index in [1.165, 1.54) is 11.3 Å². The lowest BCUT2D eigenvalue weighted by molar-refractivity contribution is -0.118. The first-order chi connectivity index (χ1) is 14.0. The second kappa shape index (κ2) is 9.39. The van der Waals surface area contributed by atoms with E-state index in [1.807, 2.05) is 67.8 Å². The van der Waals surface area contributed by atoms with E-state index in [9.17, 15) is 9.59 Å². The zero-order valence-electron chi connectivity index (χ0n) is 16.7. The fraction of sp³-hybridized carbons (Fsp3) is 0.217. The van der Waals surface area contributed by atoms with Gasteiger partial charge in [0.1, 0.15) is 16.3 Å². The van der Waals surface area contributed by atoms with E-state index in [0.717, 1.165) is 22.3 Å². The van der Waals surface area contributed by atoms with Gasteiger partial charge in [0.25, 0.3) is 5.91 Å². The summed E-state index contributed by atoms with van der Waals surface area (Å²) in [5.74, 6) is -0.136. The fourth-order valence-corrected chi connectivity index (χ4v) is 3.93. The van der Waals surface area contributed by atoms with Crippen LogP contribution in [-0.2, 0) is 9.53 Å². The summed E-state index contributed by atoms with van der Waals surface area (Å²) in [6, 6.07) is 15.3. The number of esters is 1. The molecule has 0 spiro atoms. The van der Waals surface area contributed by atoms with Crippen molar-refractivity contribution in [2.24, 2.45) is 0 Å². The topological polar surface area (TPSA) is 64.6 Å². The van der Waals surface area contributed by atoms with E-state index < -0.39 is 5.97 Å². The summed E-state index contributed by atoms with van der Waals surface area (Å²) in [4.78, 5) is 25.0. The maximum atomic E-state index is 12.6. The summed E-state index contributed by atoms with van der Waals surface area (Å²) in [5.41, 5.74) is 4.08. The van der Waals surface area contributed by atoms with Gasteiger partial charge in [-0.2, -0.15) is 0 Å². The number of carbonyl (C=O) groups is 2. The number of carbonyl (C=O) groups excluding carboxylic acids is 2. The van der Waals surface area contributed by atoms with Gasteiger partial charge in [0, 0.05) is 10.9 Å². The standard InChI is InChI=1S/C23H23NO4S/c1-4-27-23(26)21-18(17-8-6-5-7-9-17)14-29-22(21)24-20(25)13-28-19-11-10-15(2)12-16(19)3/h5-12,14H,4,13H2,1-3H3,(H,24,25). The molecular formula is C23H23NO4S. The number of rotatable bonds is 7. The molecule has 0 aliphatic carbocycles. The third-order valence-electron chi connectivity index (χ3n) is 4.30. The van der Waals surface area contributed by atoms with Crippen molar-refractivity contribution in [3.63, 3.8) is 0 Å². The quantitative estimate of drug-likeness (QED) is 0.543. The molecule has 0 atom stereocenters. The molecule has 2 aromatic carbocycles. The average molecular weight is 410 g/mol. The van der Waals surface area contributed by atoms with Crippen molar-refractivity contribution < 1.29 is 19.1 Å². The smallest absolute Gasteiger partial charge is 0.341 e. The molecule has 5 nitrogen and oxygen atoms in total. The molecule has 1 amide bonds. The molecule has 29 heavy (non-hydrogen) atoms. The summed E-state index contributed by atoms with van der Waals surface area (Å²) in [7, 11) is 0. The van der Waals surface area contributed by atoms with E-state index in [2.05, 4.69) is 5.32 Å². The van der Waals surface area contributed by atoms with Crippen molar-refractivity contribution in [3.05, 3.63) is 70.6 Å². The van der Waals surface area contributed by atoms with E-state index >= 15 is 0 Å². The molecule has 3 aromatic rings. The number of hydrogen-bond acceptors (Lipinski definition) is 5. The van der Waals surface area contributed by atoms with E-state index in [1.54, 1.807) is 6.92 Å². The molecule has 1 heterocycles. The third-order valence-corrected chi connectivity index (χ3v) is 5.19. The molecule has 6 heteroatoms. The molecule has 150 valence electrons. The maximum Gasteiger partial charge on any atom is 0.341 e. The number of thiophene rings is 1. The normalized spacial score (nSPS) is 10.4. The Morgan fingerprint density at radius 3 is 2.52 bits per heavy atom. The van der Waals surface area contributed by atoms with Gasteiger partial charge in [0.2, 0.25) is 0 Å². The molecular weight excluding hydrogens is 386 g/mol. The van der Waals surface area contributed by atoms with Crippen LogP contribution < -0.4 is 10.1 Å². The number of hydrogen-bond donors (Lipinski definition) is 1. The highest BCUT2D eigenvalue weighted by molar-refractivity contribution is 7.15. The third kappa shape index (κ3) is 5.03. The van der Waals surface area contributed by atoms with Gasteiger partial charge in [-0.15, -0.1) is 11.3 Å². The Hall–Kier alpha value is -3.12. The van der Waals surface area contributed by atoms with Crippen LogP contribution in [0.5, 0.6) is 5.75 Å². The first kappa shape index (κ1) is 20.6. The van der Waals surface area contributed by atoms with Crippen LogP contribution in [0.1, 0.15) is 28.4 Å². The Morgan fingerprint density at radius 1 is 1.07 bits per heavy atom. The lowest BCUT2D eigenvalue weighted by atomic mass is 10.0. The Balaban J connectivity index is 1.78. The fourth-order valence-electron chi connectivity index (χ4n) is 2.95. The van der Waals surface area contributed by atoms with Gasteiger partial charge >= 0.3 is 5.97 Å². The lowest BCUT2D eigenvalue weighted by Crippen LogP contribution is -2.21. The van der Waals surface area contributed by atoms with Crippen LogP contribution in [0.3, 0.4) is 0 Å². The zero-order valence-corrected chi connectivity index (χ0v) is 17.5. The maximum absolute atomic E-state index is 12.6. The molecule has 0 aliphatic rings. The molecule has 1 aromatic heterocycles. The van der Waals surface area contributed by atoms with Gasteiger partial charge in [0.15, 0.2) is 6.61 Å². The zero-order chi connectivity index (χ0) is 20.8. The Morgan fingerprint density at radius 2 is 1.83 bits per heavy atom. The van der Waals surface area contributed by atoms with Crippen molar-refractivity contribution in [3.8, 4) is 16.9 Å². The van der Waals surface area contributed by atoms with Crippen molar-refractivity contribution in [2.45, 2.75) is 20.8 Å². The van der Waals surface area contributed by atoms with Crippen molar-refractivity contribution in [2.75, 3.05) is 18.5 Å². The second-order valence-electron chi connectivity index (χ2n) is 6.55. The number of benzene rings is 2. The minimum atomic E-state index is -0.460. The van der Waals surface area contributed by atoms with Gasteiger partial charge < -0.3 is 14.8 Å². The first-order valence-corrected chi connectivity index (χ1v) is 10.2. The van der Waals surface area contributed by atoms with Crippen LogP contribution in [0, 0.1) is 13.8 Å². The number of aryl methyl sites for hydroxylation is 2. The van der Waals surface area contributed by atoms with E-state index in [-0.39, 0.29) is 19.1 Å². The predicted molar refractivity (Wildman–Crippen MR) is 116 cm³/mol. The van der Waals surface area contributed by atoms with Crippen LogP contribution in [-0.4, -0.2) is 25.1 Å². The summed E-state index contributed by atoms with van der Waals surface area (Å²) < 4.78 is 10.9. The molecule has 3 rings (SSSR count). The first-order valence-electron chi connectivity index (χ1n) is 9.33. The number of amides is 1. The highest BCUT2D eigenvalue weighted by Gasteiger charge is 2.22. The Bertz CT molecular complexity index is 1010. The van der Waals surface area contributed by atoms with E-state index in [4.69, 9.17) is 9.47 Å². The number of anilines is 1. The number of nitrogens with one attached hydrogen (secondary N) is 1. The Kier molecular flexibility index (Phi) is 6.67. The predicted octanol–water partition coefficient (Wildman–Crippen LogP) is 5.23. The minimum Gasteiger partial charge on any atom is -0.483 e. The molecule has 0 saturated carbocycles. The molecule has 0 radical (unpaired) electrons. The van der Waals surface area contributed by atoms with Crippen molar-refractivity contribution in [1.29, 1.82) is 0 Å². The monoisotopic (exact) mass is 409 g/mol. The summed E-state index contributed by atoms with van der Waals surface area (Å²) in [6.07, 6.45) is 0. The van der Waals surface area contributed by atoms with Crippen LogP contribution in [0.15, 0.2) is 53.9 Å². The van der Waals surface area contributed by atoms with Gasteiger partial charge in [-0.05, 0) is 38.0 Å². The van der Waals surface area contributed by atoms with Gasteiger partial charge in [-0.1, -0.05) is 48.0 Å². The van der Waals surface area contributed by atoms with Crippen LogP contribution in [0.2, 0.25) is 0 Å². The van der Waals surface area contributed by atoms with Crippen LogP contribution >= 0.6 is 11.3 Å². The number of ether oxygens (including phenoxy) is 2. The molecule has 0 saturated heterocycles.